The molecule has 1 amide bonds. The number of rotatable bonds is 5. The zero-order chi connectivity index (χ0) is 23.7. The van der Waals surface area contributed by atoms with Crippen LogP contribution < -0.4 is 11.0 Å². The van der Waals surface area contributed by atoms with E-state index in [9.17, 15) is 9.59 Å². The lowest BCUT2D eigenvalue weighted by Crippen LogP contribution is -2.34. The van der Waals surface area contributed by atoms with Gasteiger partial charge in [-0.3, -0.25) is 15.0 Å². The molecule has 0 fully saturated rings. The van der Waals surface area contributed by atoms with E-state index >= 15 is 0 Å². The van der Waals surface area contributed by atoms with Crippen molar-refractivity contribution in [1.29, 1.82) is 0 Å². The van der Waals surface area contributed by atoms with E-state index in [1.807, 2.05) is 86.6 Å². The molecule has 0 unspecified atom stereocenters. The second-order valence-electron chi connectivity index (χ2n) is 8.26. The Kier molecular flexibility index (Phi) is 5.51. The summed E-state index contributed by atoms with van der Waals surface area (Å²) in [6.07, 6.45) is 2.94. The van der Waals surface area contributed by atoms with Crippen LogP contribution in [0.3, 0.4) is 0 Å². The summed E-state index contributed by atoms with van der Waals surface area (Å²) in [6.45, 7) is 4.06. The molecule has 168 valence electrons. The van der Waals surface area contributed by atoms with Gasteiger partial charge in [-0.05, 0) is 53.8 Å². The van der Waals surface area contributed by atoms with Crippen LogP contribution in [-0.2, 0) is 11.2 Å². The van der Waals surface area contributed by atoms with Gasteiger partial charge >= 0.3 is 0 Å². The predicted molar refractivity (Wildman–Crippen MR) is 133 cm³/mol. The first-order chi connectivity index (χ1) is 16.5. The van der Waals surface area contributed by atoms with Crippen LogP contribution in [0.25, 0.3) is 27.8 Å². The lowest BCUT2D eigenvalue weighted by atomic mass is 10.0. The average Bonchev–Trinajstić information content (AvgIpc) is 3.29. The van der Waals surface area contributed by atoms with Crippen LogP contribution in [0.4, 0.5) is 0 Å². The third kappa shape index (κ3) is 4.11. The van der Waals surface area contributed by atoms with Crippen LogP contribution in [0, 0.1) is 13.8 Å². The maximum Gasteiger partial charge on any atom is 0.283 e. The molecular formula is C27H23N5O2. The molecule has 2 aromatic heterocycles. The molecule has 3 aromatic carbocycles. The van der Waals surface area contributed by atoms with E-state index in [0.29, 0.717) is 11.0 Å². The third-order valence-corrected chi connectivity index (χ3v) is 5.89. The molecule has 0 aliphatic rings. The summed E-state index contributed by atoms with van der Waals surface area (Å²) in [5.74, 6) is -0.308. The molecule has 7 nitrogen and oxygen atoms in total. The first-order valence-corrected chi connectivity index (χ1v) is 11.0. The van der Waals surface area contributed by atoms with Crippen LogP contribution in [0.2, 0.25) is 0 Å². The number of aryl methyl sites for hydroxylation is 2. The Labute approximate surface area is 196 Å². The molecule has 0 spiro atoms. The van der Waals surface area contributed by atoms with Crippen molar-refractivity contribution in [1.82, 2.24) is 19.4 Å². The van der Waals surface area contributed by atoms with E-state index < -0.39 is 0 Å². The number of nitrogens with zero attached hydrogens (tertiary/aromatic N) is 4. The molecule has 0 saturated carbocycles. The lowest BCUT2D eigenvalue weighted by molar-refractivity contribution is -0.116. The molecule has 5 aromatic rings. The number of aromatic nitrogens is 4. The number of carbonyl (C=O) groups excluding carboxylic acids is 1. The largest absolute Gasteiger partial charge is 0.283 e. The second kappa shape index (κ2) is 8.78. The summed E-state index contributed by atoms with van der Waals surface area (Å²) in [5.41, 5.74) is 8.85. The molecule has 2 heterocycles. The Morgan fingerprint density at radius 2 is 1.65 bits per heavy atom. The summed E-state index contributed by atoms with van der Waals surface area (Å²) in [5, 5.41) is 4.67. The van der Waals surface area contributed by atoms with Crippen LogP contribution in [-0.4, -0.2) is 25.3 Å². The van der Waals surface area contributed by atoms with Crippen molar-refractivity contribution in [2.75, 3.05) is 5.43 Å². The van der Waals surface area contributed by atoms with E-state index in [0.717, 1.165) is 32.6 Å². The van der Waals surface area contributed by atoms with Crippen molar-refractivity contribution < 1.29 is 4.79 Å². The Morgan fingerprint density at radius 1 is 0.912 bits per heavy atom. The summed E-state index contributed by atoms with van der Waals surface area (Å²) >= 11 is 0. The van der Waals surface area contributed by atoms with Crippen molar-refractivity contribution in [2.24, 2.45) is 0 Å². The van der Waals surface area contributed by atoms with Crippen molar-refractivity contribution >= 4 is 16.9 Å². The first kappa shape index (κ1) is 21.3. The highest BCUT2D eigenvalue weighted by Gasteiger charge is 2.13. The Balaban J connectivity index is 1.34. The zero-order valence-corrected chi connectivity index (χ0v) is 18.9. The zero-order valence-electron chi connectivity index (χ0n) is 18.9. The molecule has 5 rings (SSSR count). The monoisotopic (exact) mass is 449 g/mol. The summed E-state index contributed by atoms with van der Waals surface area (Å²) in [7, 11) is 0. The maximum atomic E-state index is 12.9. The van der Waals surface area contributed by atoms with Gasteiger partial charge < -0.3 is 0 Å². The minimum absolute atomic E-state index is 0.140. The van der Waals surface area contributed by atoms with Gasteiger partial charge in [-0.2, -0.15) is 5.10 Å². The molecule has 34 heavy (non-hydrogen) atoms. The molecule has 0 aliphatic carbocycles. The van der Waals surface area contributed by atoms with E-state index in [2.05, 4.69) is 15.5 Å². The number of nitrogens with one attached hydrogen (secondary N) is 1. The van der Waals surface area contributed by atoms with Crippen LogP contribution in [0.1, 0.15) is 16.7 Å². The third-order valence-electron chi connectivity index (χ3n) is 5.89. The summed E-state index contributed by atoms with van der Waals surface area (Å²) < 4.78 is 2.74. The second-order valence-corrected chi connectivity index (χ2v) is 8.26. The molecule has 0 radical (unpaired) electrons. The van der Waals surface area contributed by atoms with Gasteiger partial charge in [0.1, 0.15) is 11.7 Å². The van der Waals surface area contributed by atoms with Gasteiger partial charge in [-0.25, -0.2) is 14.3 Å². The van der Waals surface area contributed by atoms with Gasteiger partial charge in [0.15, 0.2) is 5.65 Å². The topological polar surface area (TPSA) is 81.8 Å². The standard InChI is InChI=1S/C27H23N5O2/c1-18-8-13-23(14-19(18)2)32-26-24(16-29-32)27(34)31(17-28-26)30-25(33)15-20-9-11-22(12-10-20)21-6-4-3-5-7-21/h3-14,16-17H,15H2,1-2H3,(H,30,33). The van der Waals surface area contributed by atoms with Gasteiger partial charge in [0.05, 0.1) is 18.3 Å². The fraction of sp³-hybridized carbons (Fsp3) is 0.111. The van der Waals surface area contributed by atoms with Crippen molar-refractivity contribution in [2.45, 2.75) is 20.3 Å². The smallest absolute Gasteiger partial charge is 0.273 e. The maximum absolute atomic E-state index is 12.9. The normalized spacial score (nSPS) is 11.0. The SMILES string of the molecule is Cc1ccc(-n2ncc3c(=O)n(NC(=O)Cc4ccc(-c5ccccc5)cc4)cnc32)cc1C. The summed E-state index contributed by atoms with van der Waals surface area (Å²) in [4.78, 5) is 29.9. The minimum atomic E-state index is -0.382. The molecule has 0 saturated heterocycles. The van der Waals surface area contributed by atoms with Gasteiger partial charge in [-0.1, -0.05) is 60.7 Å². The highest BCUT2D eigenvalue weighted by Crippen LogP contribution is 2.20. The lowest BCUT2D eigenvalue weighted by Gasteiger charge is -2.09. The van der Waals surface area contributed by atoms with E-state index in [4.69, 9.17) is 0 Å². The Morgan fingerprint density at radius 3 is 2.38 bits per heavy atom. The van der Waals surface area contributed by atoms with Gasteiger partial charge in [0.25, 0.3) is 5.56 Å². The fourth-order valence-electron chi connectivity index (χ4n) is 3.84. The number of hydrogen-bond acceptors (Lipinski definition) is 4. The summed E-state index contributed by atoms with van der Waals surface area (Å²) in [6, 6.07) is 23.8. The number of carbonyl (C=O) groups is 1. The van der Waals surface area contributed by atoms with Crippen LogP contribution >= 0.6 is 0 Å². The highest BCUT2D eigenvalue weighted by molar-refractivity contribution is 5.86. The molecular weight excluding hydrogens is 426 g/mol. The molecule has 0 atom stereocenters. The number of fused-ring (bicyclic) bond motifs is 1. The van der Waals surface area contributed by atoms with Gasteiger partial charge in [0.2, 0.25) is 5.91 Å². The highest BCUT2D eigenvalue weighted by atomic mass is 16.2. The molecule has 1 N–H and O–H groups in total. The van der Waals surface area contributed by atoms with E-state index in [1.165, 1.54) is 18.1 Å². The van der Waals surface area contributed by atoms with Crippen molar-refractivity contribution in [3.05, 3.63) is 112 Å². The van der Waals surface area contributed by atoms with Crippen LogP contribution in [0.15, 0.2) is 90.1 Å². The van der Waals surface area contributed by atoms with Crippen molar-refractivity contribution in [3.63, 3.8) is 0 Å². The first-order valence-electron chi connectivity index (χ1n) is 11.0. The van der Waals surface area contributed by atoms with Gasteiger partial charge in [-0.15, -0.1) is 0 Å². The number of benzene rings is 3. The molecule has 7 heteroatoms. The average molecular weight is 450 g/mol. The van der Waals surface area contributed by atoms with Gasteiger partial charge in [0, 0.05) is 0 Å². The minimum Gasteiger partial charge on any atom is -0.273 e. The van der Waals surface area contributed by atoms with Crippen molar-refractivity contribution in [3.8, 4) is 16.8 Å². The molecule has 0 aliphatic heterocycles. The quantitative estimate of drug-likeness (QED) is 0.436. The van der Waals surface area contributed by atoms with E-state index in [1.54, 1.807) is 4.68 Å². The Bertz CT molecular complexity index is 1550. The fourth-order valence-corrected chi connectivity index (χ4v) is 3.84. The number of hydrogen-bond donors (Lipinski definition) is 1. The Hall–Kier alpha value is -4.52. The van der Waals surface area contributed by atoms with E-state index in [-0.39, 0.29) is 17.9 Å². The number of amides is 1. The predicted octanol–water partition coefficient (Wildman–Crippen LogP) is 4.18. The molecule has 0 bridgehead atoms. The van der Waals surface area contributed by atoms with Crippen LogP contribution in [0.5, 0.6) is 0 Å².